The van der Waals surface area contributed by atoms with Gasteiger partial charge in [-0.2, -0.15) is 40.5 Å². The Hall–Kier alpha value is -3.43. The lowest BCUT2D eigenvalue weighted by molar-refractivity contribution is -0.228. The number of amidine groups is 1. The SMILES string of the molecule is C.CC1(C)C(CC(=O)/C(=N\O[C@@H](COc2ccc(C(=N)N)cc2)C(=O)O)c2csc(N)n2)C(=O)N1OS(=O)(=O)O.S.S. The Labute approximate surface area is 259 Å². The minimum absolute atomic E-state index is 0. The number of rotatable bonds is 13. The largest absolute Gasteiger partial charge is 0.489 e. The van der Waals surface area contributed by atoms with Crippen molar-refractivity contribution >= 4 is 83.1 Å². The zero-order chi connectivity index (χ0) is 29.1. The van der Waals surface area contributed by atoms with E-state index < -0.39 is 64.4 Å². The van der Waals surface area contributed by atoms with Crippen LogP contribution in [0.3, 0.4) is 0 Å². The smallest absolute Gasteiger partial charge is 0.418 e. The quantitative estimate of drug-likeness (QED) is 0.0658. The fourth-order valence-corrected chi connectivity index (χ4v) is 4.45. The van der Waals surface area contributed by atoms with Crippen molar-refractivity contribution in [2.45, 2.75) is 39.3 Å². The molecule has 20 heteroatoms. The fraction of sp³-hybridized carbons (Fsp3) is 0.364. The standard InChI is InChI=1S/C21H24N6O10S2.CH4.2H2S/c1-21(2)12(18(29)27(21)37-39(32,33)34)7-14(28)16(13-9-38-20(24)25-13)26-36-15(19(30)31)8-35-11-5-3-10(4-6-11)17(22)23;;;/h3-6,9,12,15H,7-8H2,1-2H3,(H3,22,23)(H2,24,25)(H,30,31)(H,32,33,34);1H4;2*1H2/b26-16-;;;/t12?,15-;;;/m0.../s1. The van der Waals surface area contributed by atoms with Crippen LogP contribution in [-0.2, 0) is 33.9 Å². The molecular formula is C22H32N6O10S4. The van der Waals surface area contributed by atoms with Gasteiger partial charge < -0.3 is 26.1 Å². The molecule has 0 aliphatic carbocycles. The highest BCUT2D eigenvalue weighted by Gasteiger charge is 2.57. The van der Waals surface area contributed by atoms with E-state index in [9.17, 15) is 27.9 Å². The van der Waals surface area contributed by atoms with Crippen molar-refractivity contribution < 1.29 is 46.3 Å². The third kappa shape index (κ3) is 9.29. The summed E-state index contributed by atoms with van der Waals surface area (Å²) < 4.78 is 40.6. The van der Waals surface area contributed by atoms with Crippen molar-refractivity contribution in [1.82, 2.24) is 10.0 Å². The third-order valence-corrected chi connectivity index (χ3v) is 6.59. The van der Waals surface area contributed by atoms with Gasteiger partial charge in [-0.25, -0.2) is 9.78 Å². The van der Waals surface area contributed by atoms with E-state index in [1.807, 2.05) is 0 Å². The number of ketones is 1. The molecule has 2 aromatic rings. The molecule has 0 bridgehead atoms. The van der Waals surface area contributed by atoms with E-state index in [1.165, 1.54) is 43.5 Å². The number of benzene rings is 1. The van der Waals surface area contributed by atoms with Gasteiger partial charge in [0.2, 0.25) is 0 Å². The minimum atomic E-state index is -4.98. The van der Waals surface area contributed by atoms with Crippen LogP contribution in [0.25, 0.3) is 0 Å². The van der Waals surface area contributed by atoms with E-state index in [0.717, 1.165) is 11.3 Å². The molecular weight excluding hydrogens is 637 g/mol. The molecule has 1 fully saturated rings. The van der Waals surface area contributed by atoms with Crippen LogP contribution in [0.5, 0.6) is 5.75 Å². The van der Waals surface area contributed by atoms with E-state index >= 15 is 0 Å². The topological polar surface area (TPSA) is 258 Å². The van der Waals surface area contributed by atoms with Gasteiger partial charge in [0.05, 0.1) is 11.5 Å². The first-order chi connectivity index (χ1) is 18.1. The molecule has 3 rings (SSSR count). The number of Topliss-reactive ketones (excluding diaryl/α,β-unsaturated/α-hetero) is 1. The summed E-state index contributed by atoms with van der Waals surface area (Å²) in [5, 5.41) is 22.5. The van der Waals surface area contributed by atoms with Crippen molar-refractivity contribution in [2.24, 2.45) is 16.8 Å². The number of aromatic nitrogens is 1. The molecule has 0 radical (unpaired) electrons. The Kier molecular flexibility index (Phi) is 13.9. The van der Waals surface area contributed by atoms with Crippen LogP contribution >= 0.6 is 38.3 Å². The summed E-state index contributed by atoms with van der Waals surface area (Å²) in [5.41, 5.74) is 9.69. The number of aliphatic carboxylic acids is 1. The number of hydrogen-bond donors (Lipinski definition) is 5. The van der Waals surface area contributed by atoms with Gasteiger partial charge >= 0.3 is 16.4 Å². The molecule has 1 aromatic heterocycles. The number of carboxylic acid groups (broad SMARTS) is 1. The van der Waals surface area contributed by atoms with Crippen molar-refractivity contribution in [3.8, 4) is 5.75 Å². The van der Waals surface area contributed by atoms with Crippen molar-refractivity contribution in [2.75, 3.05) is 12.3 Å². The Balaban J connectivity index is 0.00000560. The van der Waals surface area contributed by atoms with Gasteiger partial charge in [-0.05, 0) is 38.1 Å². The number of β-lactam (4-membered cyclic amide) rings is 1. The lowest BCUT2D eigenvalue weighted by Gasteiger charge is -2.50. The van der Waals surface area contributed by atoms with Crippen LogP contribution in [0.2, 0.25) is 0 Å². The molecule has 1 aliphatic rings. The molecule has 234 valence electrons. The second kappa shape index (κ2) is 15.2. The molecule has 1 unspecified atom stereocenters. The van der Waals surface area contributed by atoms with Gasteiger partial charge in [0.1, 0.15) is 23.9 Å². The molecule has 1 aromatic carbocycles. The summed E-state index contributed by atoms with van der Waals surface area (Å²) in [7, 11) is -4.98. The maximum absolute atomic E-state index is 13.2. The zero-order valence-electron chi connectivity index (χ0n) is 21.4. The Bertz CT molecular complexity index is 1430. The third-order valence-electron chi connectivity index (χ3n) is 5.57. The number of carbonyl (C=O) groups is 3. The van der Waals surface area contributed by atoms with Crippen LogP contribution in [0, 0.1) is 11.3 Å². The van der Waals surface area contributed by atoms with Crippen LogP contribution in [-0.4, -0.2) is 75.6 Å². The number of thiazole rings is 1. The average molecular weight is 669 g/mol. The number of hydroxylamine groups is 2. The number of nitrogens with one attached hydrogen (secondary N) is 1. The summed E-state index contributed by atoms with van der Waals surface area (Å²) in [6, 6.07) is 5.94. The summed E-state index contributed by atoms with van der Waals surface area (Å²) >= 11 is 0.970. The van der Waals surface area contributed by atoms with Gasteiger partial charge in [-0.3, -0.25) is 19.6 Å². The predicted molar refractivity (Wildman–Crippen MR) is 163 cm³/mol. The molecule has 1 aliphatic heterocycles. The fourth-order valence-electron chi connectivity index (χ4n) is 3.45. The number of carboxylic acids is 1. The van der Waals surface area contributed by atoms with Crippen molar-refractivity contribution in [3.05, 3.63) is 40.9 Å². The molecule has 0 saturated carbocycles. The number of nitrogens with zero attached hydrogens (tertiary/aromatic N) is 3. The molecule has 1 amide bonds. The van der Waals surface area contributed by atoms with E-state index in [-0.39, 0.29) is 56.8 Å². The highest BCUT2D eigenvalue weighted by atomic mass is 32.3. The number of nitrogens with two attached hydrogens (primary N) is 2. The first kappa shape index (κ1) is 38.6. The van der Waals surface area contributed by atoms with E-state index in [1.54, 1.807) is 0 Å². The predicted octanol–water partition coefficient (Wildman–Crippen LogP) is 1.05. The molecule has 42 heavy (non-hydrogen) atoms. The molecule has 2 atom stereocenters. The van der Waals surface area contributed by atoms with Crippen LogP contribution in [0.15, 0.2) is 34.8 Å². The summed E-state index contributed by atoms with van der Waals surface area (Å²) in [6.07, 6.45) is -2.18. The first-order valence-electron chi connectivity index (χ1n) is 10.9. The zero-order valence-corrected chi connectivity index (χ0v) is 25.1. The minimum Gasteiger partial charge on any atom is -0.489 e. The number of amides is 1. The van der Waals surface area contributed by atoms with Crippen LogP contribution in [0.1, 0.15) is 39.0 Å². The molecule has 16 nitrogen and oxygen atoms in total. The van der Waals surface area contributed by atoms with Crippen molar-refractivity contribution in [3.63, 3.8) is 0 Å². The second-order valence-electron chi connectivity index (χ2n) is 8.66. The Morgan fingerprint density at radius 3 is 2.31 bits per heavy atom. The summed E-state index contributed by atoms with van der Waals surface area (Å²) in [4.78, 5) is 46.4. The number of nitrogen functional groups attached to an aromatic ring is 2. The van der Waals surface area contributed by atoms with E-state index in [2.05, 4.69) is 14.4 Å². The highest BCUT2D eigenvalue weighted by Crippen LogP contribution is 2.40. The van der Waals surface area contributed by atoms with Crippen molar-refractivity contribution in [1.29, 1.82) is 5.41 Å². The number of hydrogen-bond acceptors (Lipinski definition) is 13. The highest BCUT2D eigenvalue weighted by molar-refractivity contribution is 7.80. The van der Waals surface area contributed by atoms with Gasteiger partial charge in [0.15, 0.2) is 16.6 Å². The molecule has 7 N–H and O–H groups in total. The Morgan fingerprint density at radius 2 is 1.86 bits per heavy atom. The number of ether oxygens (including phenoxy) is 1. The maximum atomic E-state index is 13.2. The van der Waals surface area contributed by atoms with E-state index in [4.69, 9.17) is 31.0 Å². The molecule has 1 saturated heterocycles. The molecule has 2 heterocycles. The van der Waals surface area contributed by atoms with Gasteiger partial charge in [-0.15, -0.1) is 15.6 Å². The summed E-state index contributed by atoms with van der Waals surface area (Å²) in [6.45, 7) is 2.30. The normalized spacial score (nSPS) is 16.5. The number of carbonyl (C=O) groups excluding carboxylic acids is 2. The Morgan fingerprint density at radius 1 is 1.26 bits per heavy atom. The number of oxime groups is 1. The average Bonchev–Trinajstić information content (AvgIpc) is 3.28. The van der Waals surface area contributed by atoms with Crippen LogP contribution < -0.4 is 16.2 Å². The number of anilines is 1. The van der Waals surface area contributed by atoms with Gasteiger partial charge in [0.25, 0.3) is 12.0 Å². The van der Waals surface area contributed by atoms with E-state index in [0.29, 0.717) is 10.6 Å². The monoisotopic (exact) mass is 668 g/mol. The van der Waals surface area contributed by atoms with Crippen LogP contribution in [0.4, 0.5) is 5.13 Å². The summed E-state index contributed by atoms with van der Waals surface area (Å²) in [5.74, 6) is -4.13. The lowest BCUT2D eigenvalue weighted by Crippen LogP contribution is -2.68. The lowest BCUT2D eigenvalue weighted by atomic mass is 9.74. The molecule has 0 spiro atoms. The first-order valence-corrected chi connectivity index (χ1v) is 13.1. The van der Waals surface area contributed by atoms with Gasteiger partial charge in [-0.1, -0.05) is 12.6 Å². The van der Waals surface area contributed by atoms with Gasteiger partial charge in [0, 0.05) is 17.4 Å². The maximum Gasteiger partial charge on any atom is 0.418 e. The second-order valence-corrected chi connectivity index (χ2v) is 10.6.